The molecule has 2 N–H and O–H groups in total. The van der Waals surface area contributed by atoms with E-state index in [0.29, 0.717) is 25.5 Å². The third-order valence-electron chi connectivity index (χ3n) is 3.91. The maximum atomic E-state index is 12.5. The van der Waals surface area contributed by atoms with E-state index >= 15 is 0 Å². The minimum absolute atomic E-state index is 0. The number of halogens is 1. The van der Waals surface area contributed by atoms with Crippen molar-refractivity contribution in [2.24, 2.45) is 5.73 Å². The van der Waals surface area contributed by atoms with Crippen molar-refractivity contribution in [2.75, 3.05) is 13.1 Å². The van der Waals surface area contributed by atoms with Gasteiger partial charge in [-0.2, -0.15) is 0 Å². The van der Waals surface area contributed by atoms with Gasteiger partial charge in [0.15, 0.2) is 5.76 Å². The van der Waals surface area contributed by atoms with Gasteiger partial charge in [0.2, 0.25) is 0 Å². The first kappa shape index (κ1) is 17.4. The van der Waals surface area contributed by atoms with Crippen LogP contribution in [0.25, 0.3) is 0 Å². The highest BCUT2D eigenvalue weighted by Crippen LogP contribution is 2.19. The van der Waals surface area contributed by atoms with E-state index in [9.17, 15) is 4.79 Å². The summed E-state index contributed by atoms with van der Waals surface area (Å²) >= 11 is 0. The lowest BCUT2D eigenvalue weighted by molar-refractivity contribution is 0.0679. The second-order valence-electron chi connectivity index (χ2n) is 5.51. The standard InChI is InChI=1S/C17H20N2O3.ClH/c18-14-6-9-19(10-7-14)17(20)16-13(8-11-21-16)12-22-15-4-2-1-3-5-15;/h1-5,8,11,14H,6-7,9-10,12,18H2;1H. The van der Waals surface area contributed by atoms with Crippen molar-refractivity contribution in [1.82, 2.24) is 4.90 Å². The van der Waals surface area contributed by atoms with E-state index in [4.69, 9.17) is 14.9 Å². The summed E-state index contributed by atoms with van der Waals surface area (Å²) < 4.78 is 11.1. The molecule has 1 fully saturated rings. The number of para-hydroxylation sites is 1. The molecular weight excluding hydrogens is 316 g/mol. The van der Waals surface area contributed by atoms with Crippen LogP contribution in [0.2, 0.25) is 0 Å². The molecule has 124 valence electrons. The molecule has 2 heterocycles. The summed E-state index contributed by atoms with van der Waals surface area (Å²) in [6.07, 6.45) is 3.21. The molecule has 0 atom stereocenters. The molecule has 5 nitrogen and oxygen atoms in total. The van der Waals surface area contributed by atoms with Crippen LogP contribution in [0.5, 0.6) is 5.75 Å². The Bertz CT molecular complexity index is 622. The predicted molar refractivity (Wildman–Crippen MR) is 89.8 cm³/mol. The summed E-state index contributed by atoms with van der Waals surface area (Å²) in [6, 6.07) is 11.5. The quantitative estimate of drug-likeness (QED) is 0.932. The van der Waals surface area contributed by atoms with Crippen molar-refractivity contribution < 1.29 is 13.9 Å². The first-order chi connectivity index (χ1) is 10.7. The zero-order valence-electron chi connectivity index (χ0n) is 12.8. The van der Waals surface area contributed by atoms with Crippen molar-refractivity contribution in [2.45, 2.75) is 25.5 Å². The summed E-state index contributed by atoms with van der Waals surface area (Å²) in [6.45, 7) is 1.67. The van der Waals surface area contributed by atoms with Crippen LogP contribution in [-0.4, -0.2) is 29.9 Å². The van der Waals surface area contributed by atoms with E-state index in [-0.39, 0.29) is 24.4 Å². The summed E-state index contributed by atoms with van der Waals surface area (Å²) in [5.41, 5.74) is 6.64. The van der Waals surface area contributed by atoms with Crippen LogP contribution in [0.15, 0.2) is 47.1 Å². The molecule has 1 saturated heterocycles. The Hall–Kier alpha value is -1.98. The highest BCUT2D eigenvalue weighted by molar-refractivity contribution is 5.93. The van der Waals surface area contributed by atoms with Crippen LogP contribution in [-0.2, 0) is 6.61 Å². The molecular formula is C17H21ClN2O3. The number of carbonyl (C=O) groups excluding carboxylic acids is 1. The number of piperidine rings is 1. The zero-order valence-corrected chi connectivity index (χ0v) is 13.6. The molecule has 1 aliphatic rings. The van der Waals surface area contributed by atoms with Crippen molar-refractivity contribution in [3.63, 3.8) is 0 Å². The molecule has 23 heavy (non-hydrogen) atoms. The first-order valence-corrected chi connectivity index (χ1v) is 7.53. The average Bonchev–Trinajstić information content (AvgIpc) is 3.02. The second kappa shape index (κ2) is 8.04. The fourth-order valence-corrected chi connectivity index (χ4v) is 2.56. The first-order valence-electron chi connectivity index (χ1n) is 7.53. The van der Waals surface area contributed by atoms with Gasteiger partial charge in [-0.1, -0.05) is 18.2 Å². The fraction of sp³-hybridized carbons (Fsp3) is 0.353. The number of nitrogens with zero attached hydrogens (tertiary/aromatic N) is 1. The topological polar surface area (TPSA) is 68.7 Å². The Morgan fingerprint density at radius 3 is 2.61 bits per heavy atom. The van der Waals surface area contributed by atoms with Gasteiger partial charge in [-0.15, -0.1) is 12.4 Å². The van der Waals surface area contributed by atoms with Gasteiger partial charge < -0.3 is 19.8 Å². The van der Waals surface area contributed by atoms with Crippen molar-refractivity contribution in [3.8, 4) is 5.75 Å². The van der Waals surface area contributed by atoms with E-state index in [0.717, 1.165) is 24.2 Å². The van der Waals surface area contributed by atoms with E-state index in [1.54, 1.807) is 11.0 Å². The van der Waals surface area contributed by atoms with Crippen LogP contribution < -0.4 is 10.5 Å². The summed E-state index contributed by atoms with van der Waals surface area (Å²) in [7, 11) is 0. The number of likely N-dealkylation sites (tertiary alicyclic amines) is 1. The number of benzene rings is 1. The van der Waals surface area contributed by atoms with E-state index in [1.807, 2.05) is 30.3 Å². The monoisotopic (exact) mass is 336 g/mol. The SMILES string of the molecule is Cl.NC1CCN(C(=O)c2occc2COc2ccccc2)CC1. The Morgan fingerprint density at radius 2 is 1.91 bits per heavy atom. The lowest BCUT2D eigenvalue weighted by Gasteiger charge is -2.29. The average molecular weight is 337 g/mol. The van der Waals surface area contributed by atoms with Crippen molar-refractivity contribution in [1.29, 1.82) is 0 Å². The molecule has 0 spiro atoms. The number of hydrogen-bond donors (Lipinski definition) is 1. The van der Waals surface area contributed by atoms with Crippen molar-refractivity contribution in [3.05, 3.63) is 54.0 Å². The number of furan rings is 1. The largest absolute Gasteiger partial charge is 0.489 e. The van der Waals surface area contributed by atoms with Gasteiger partial charge in [0, 0.05) is 24.7 Å². The second-order valence-corrected chi connectivity index (χ2v) is 5.51. The normalized spacial score (nSPS) is 15.1. The summed E-state index contributed by atoms with van der Waals surface area (Å²) in [4.78, 5) is 14.3. The highest BCUT2D eigenvalue weighted by atomic mass is 35.5. The lowest BCUT2D eigenvalue weighted by Crippen LogP contribution is -2.43. The maximum Gasteiger partial charge on any atom is 0.289 e. The zero-order chi connectivity index (χ0) is 15.4. The number of ether oxygens (including phenoxy) is 1. The molecule has 0 radical (unpaired) electrons. The molecule has 0 bridgehead atoms. The molecule has 2 aromatic rings. The summed E-state index contributed by atoms with van der Waals surface area (Å²) in [5, 5.41) is 0. The van der Waals surface area contributed by atoms with Gasteiger partial charge in [0.1, 0.15) is 12.4 Å². The Balaban J connectivity index is 0.00000192. The number of rotatable bonds is 4. The predicted octanol–water partition coefficient (Wildman–Crippen LogP) is 2.84. The van der Waals surface area contributed by atoms with Gasteiger partial charge in [0.25, 0.3) is 5.91 Å². The van der Waals surface area contributed by atoms with Crippen LogP contribution in [0.3, 0.4) is 0 Å². The molecule has 1 aromatic carbocycles. The number of nitrogens with two attached hydrogens (primary N) is 1. The molecule has 0 aliphatic carbocycles. The van der Waals surface area contributed by atoms with Crippen LogP contribution in [0.1, 0.15) is 29.0 Å². The molecule has 1 aromatic heterocycles. The van der Waals surface area contributed by atoms with Crippen LogP contribution >= 0.6 is 12.4 Å². The number of hydrogen-bond acceptors (Lipinski definition) is 4. The van der Waals surface area contributed by atoms with Gasteiger partial charge in [-0.25, -0.2) is 0 Å². The van der Waals surface area contributed by atoms with Gasteiger partial charge >= 0.3 is 0 Å². The molecule has 0 saturated carbocycles. The smallest absolute Gasteiger partial charge is 0.289 e. The third kappa shape index (κ3) is 4.27. The molecule has 1 amide bonds. The van der Waals surface area contributed by atoms with Gasteiger partial charge in [-0.05, 0) is 31.0 Å². The number of carbonyl (C=O) groups is 1. The highest BCUT2D eigenvalue weighted by Gasteiger charge is 2.25. The maximum absolute atomic E-state index is 12.5. The van der Waals surface area contributed by atoms with Crippen LogP contribution in [0.4, 0.5) is 0 Å². The Labute approximate surface area is 141 Å². The Morgan fingerprint density at radius 1 is 1.22 bits per heavy atom. The minimum Gasteiger partial charge on any atom is -0.489 e. The number of amides is 1. The van der Waals surface area contributed by atoms with Gasteiger partial charge in [0.05, 0.1) is 6.26 Å². The Kier molecular flexibility index (Phi) is 6.07. The molecule has 3 rings (SSSR count). The van der Waals surface area contributed by atoms with Crippen molar-refractivity contribution >= 4 is 18.3 Å². The van der Waals surface area contributed by atoms with E-state index < -0.39 is 0 Å². The molecule has 6 heteroatoms. The van der Waals surface area contributed by atoms with Gasteiger partial charge in [-0.3, -0.25) is 4.79 Å². The van der Waals surface area contributed by atoms with E-state index in [1.165, 1.54) is 6.26 Å². The summed E-state index contributed by atoms with van der Waals surface area (Å²) in [5.74, 6) is 1.06. The third-order valence-corrected chi connectivity index (χ3v) is 3.91. The van der Waals surface area contributed by atoms with E-state index in [2.05, 4.69) is 0 Å². The molecule has 0 unspecified atom stereocenters. The lowest BCUT2D eigenvalue weighted by atomic mass is 10.1. The fourth-order valence-electron chi connectivity index (χ4n) is 2.56. The minimum atomic E-state index is -0.0800. The molecule has 1 aliphatic heterocycles. The van der Waals surface area contributed by atoms with Crippen LogP contribution in [0, 0.1) is 0 Å².